The van der Waals surface area contributed by atoms with Crippen molar-refractivity contribution in [3.63, 3.8) is 0 Å². The Bertz CT molecular complexity index is 1370. The number of carbonyl (C=O) groups is 1. The highest BCUT2D eigenvalue weighted by molar-refractivity contribution is 7.92. The number of unbranched alkanes of at least 4 members (excludes halogenated alkanes) is 1. The molecular weight excluding hydrogens is 584 g/mol. The van der Waals surface area contributed by atoms with E-state index in [4.69, 9.17) is 9.72 Å². The molecule has 1 aliphatic rings. The summed E-state index contributed by atoms with van der Waals surface area (Å²) in [6.45, 7) is 10.9. The van der Waals surface area contributed by atoms with E-state index in [1.165, 1.54) is 24.1 Å². The van der Waals surface area contributed by atoms with Gasteiger partial charge in [-0.25, -0.2) is 26.7 Å². The van der Waals surface area contributed by atoms with Crippen LogP contribution >= 0.6 is 0 Å². The lowest BCUT2D eigenvalue weighted by Crippen LogP contribution is -2.53. The minimum absolute atomic E-state index is 0.202. The molecule has 0 radical (unpaired) electrons. The smallest absolute Gasteiger partial charge is 0.416 e. The molecule has 1 aromatic heterocycles. The van der Waals surface area contributed by atoms with Crippen LogP contribution in [-0.2, 0) is 38.4 Å². The minimum atomic E-state index is -5.06. The first kappa shape index (κ1) is 34.1. The second kappa shape index (κ2) is 13.1. The highest BCUT2D eigenvalue weighted by Crippen LogP contribution is 2.38. The quantitative estimate of drug-likeness (QED) is 0.287. The fourth-order valence-corrected chi connectivity index (χ4v) is 7.66. The van der Waals surface area contributed by atoms with Gasteiger partial charge in [-0.05, 0) is 97.4 Å². The molecule has 1 aromatic carbocycles. The van der Waals surface area contributed by atoms with E-state index in [2.05, 4.69) is 0 Å². The van der Waals surface area contributed by atoms with E-state index in [-0.39, 0.29) is 12.8 Å². The van der Waals surface area contributed by atoms with Gasteiger partial charge in [0.15, 0.2) is 0 Å². The van der Waals surface area contributed by atoms with Crippen molar-refractivity contribution in [1.29, 1.82) is 0 Å². The standard InChI is InChI=1S/C30H43F2N3O5S2/c1-28(2,3)40-27(36)35-21-13-14-22-19-20-23(33-26(22)35)15-11-12-18-25(34(7)41(37)29(4,5)6)30(31,32)42(38,39)24-16-9-8-10-17-24/h8-10,16-17,19-20,25H,11-15,18,21H2,1-7H3/t25-,41+/m1/s1. The van der Waals surface area contributed by atoms with E-state index >= 15 is 8.78 Å². The number of carbonyl (C=O) groups excluding carboxylic acids is 1. The van der Waals surface area contributed by atoms with Gasteiger partial charge < -0.3 is 4.74 Å². The molecule has 234 valence electrons. The molecule has 42 heavy (non-hydrogen) atoms. The molecule has 0 saturated heterocycles. The summed E-state index contributed by atoms with van der Waals surface area (Å²) < 4.78 is 76.8. The Morgan fingerprint density at radius 3 is 2.31 bits per heavy atom. The van der Waals surface area contributed by atoms with E-state index in [9.17, 15) is 17.4 Å². The van der Waals surface area contributed by atoms with Crippen LogP contribution in [0.15, 0.2) is 47.4 Å². The van der Waals surface area contributed by atoms with E-state index < -0.39 is 53.5 Å². The van der Waals surface area contributed by atoms with Crippen molar-refractivity contribution in [2.24, 2.45) is 0 Å². The monoisotopic (exact) mass is 627 g/mol. The number of alkyl halides is 2. The van der Waals surface area contributed by atoms with Gasteiger partial charge >= 0.3 is 11.3 Å². The number of ether oxygens (including phenoxy) is 1. The molecule has 0 aliphatic carbocycles. The SMILES string of the molecule is CN([C@H](CCCCc1ccc2c(n1)N(C(=O)OC(C)(C)C)CCC2)C(F)(F)S(=O)(=O)c1ccccc1)[S@@](=O)C(C)(C)C. The van der Waals surface area contributed by atoms with Gasteiger partial charge in [0, 0.05) is 19.3 Å². The predicted molar refractivity (Wildman–Crippen MR) is 162 cm³/mol. The van der Waals surface area contributed by atoms with E-state index in [1.54, 1.807) is 47.6 Å². The Hall–Kier alpha value is -2.44. The third kappa shape index (κ3) is 7.93. The molecule has 3 rings (SSSR count). The minimum Gasteiger partial charge on any atom is -0.443 e. The number of aryl methyl sites for hydroxylation is 2. The van der Waals surface area contributed by atoms with Crippen LogP contribution in [-0.4, -0.2) is 63.2 Å². The molecule has 2 heterocycles. The Morgan fingerprint density at radius 2 is 1.71 bits per heavy atom. The molecule has 0 unspecified atom stereocenters. The molecule has 1 amide bonds. The highest BCUT2D eigenvalue weighted by Gasteiger charge is 2.55. The van der Waals surface area contributed by atoms with Crippen LogP contribution in [0.5, 0.6) is 0 Å². The number of rotatable bonds is 10. The Balaban J connectivity index is 1.78. The van der Waals surface area contributed by atoms with Crippen LogP contribution < -0.4 is 4.90 Å². The van der Waals surface area contributed by atoms with Crippen molar-refractivity contribution in [1.82, 2.24) is 9.29 Å². The van der Waals surface area contributed by atoms with Gasteiger partial charge in [0.1, 0.15) is 17.5 Å². The van der Waals surface area contributed by atoms with Gasteiger partial charge in [0.05, 0.1) is 20.6 Å². The first-order valence-corrected chi connectivity index (χ1v) is 16.8. The number of pyridine rings is 1. The number of hydrogen-bond donors (Lipinski definition) is 0. The topological polar surface area (TPSA) is 96.9 Å². The molecule has 0 N–H and O–H groups in total. The lowest BCUT2D eigenvalue weighted by atomic mass is 10.0. The van der Waals surface area contributed by atoms with Crippen molar-refractivity contribution in [2.45, 2.75) is 107 Å². The summed E-state index contributed by atoms with van der Waals surface area (Å²) in [5.74, 6) is 0.548. The highest BCUT2D eigenvalue weighted by atomic mass is 32.2. The van der Waals surface area contributed by atoms with Crippen molar-refractivity contribution < 1.29 is 30.9 Å². The molecule has 0 bridgehead atoms. The molecule has 8 nitrogen and oxygen atoms in total. The van der Waals surface area contributed by atoms with E-state index in [0.29, 0.717) is 30.9 Å². The van der Waals surface area contributed by atoms with Gasteiger partial charge in [0.2, 0.25) is 9.84 Å². The van der Waals surface area contributed by atoms with Crippen molar-refractivity contribution in [2.75, 3.05) is 18.5 Å². The third-order valence-corrected chi connectivity index (χ3v) is 10.6. The molecule has 1 aliphatic heterocycles. The Labute approximate surface area is 251 Å². The Morgan fingerprint density at radius 1 is 1.07 bits per heavy atom. The van der Waals surface area contributed by atoms with E-state index in [0.717, 1.165) is 34.8 Å². The van der Waals surface area contributed by atoms with Crippen molar-refractivity contribution in [3.8, 4) is 0 Å². The van der Waals surface area contributed by atoms with Crippen LogP contribution in [0.3, 0.4) is 0 Å². The summed E-state index contributed by atoms with van der Waals surface area (Å²) in [6.07, 6.45) is 2.02. The summed E-state index contributed by atoms with van der Waals surface area (Å²) >= 11 is 0. The molecule has 2 atom stereocenters. The van der Waals surface area contributed by atoms with Crippen molar-refractivity contribution in [3.05, 3.63) is 53.7 Å². The number of halogens is 2. The summed E-state index contributed by atoms with van der Waals surface area (Å²) in [6, 6.07) is 8.60. The van der Waals surface area contributed by atoms with Gasteiger partial charge in [-0.3, -0.25) is 4.90 Å². The average molecular weight is 628 g/mol. The molecular formula is C30H43F2N3O5S2. The molecule has 0 saturated carbocycles. The zero-order valence-corrected chi connectivity index (χ0v) is 27.2. The van der Waals surface area contributed by atoms with Gasteiger partial charge in [-0.15, -0.1) is 0 Å². The number of aromatic nitrogens is 1. The number of nitrogens with zero attached hydrogens (tertiary/aromatic N) is 3. The van der Waals surface area contributed by atoms with Crippen LogP contribution in [0, 0.1) is 0 Å². The van der Waals surface area contributed by atoms with E-state index in [1.807, 2.05) is 12.1 Å². The third-order valence-electron chi connectivity index (χ3n) is 6.90. The summed E-state index contributed by atoms with van der Waals surface area (Å²) in [7, 11) is -5.65. The first-order valence-electron chi connectivity index (χ1n) is 14.2. The lowest BCUT2D eigenvalue weighted by Gasteiger charge is -2.36. The van der Waals surface area contributed by atoms with Gasteiger partial charge in [-0.2, -0.15) is 8.78 Å². The second-order valence-corrected chi connectivity index (χ2v) is 16.9. The predicted octanol–water partition coefficient (Wildman–Crippen LogP) is 6.31. The number of fused-ring (bicyclic) bond motifs is 1. The van der Waals surface area contributed by atoms with Crippen molar-refractivity contribution >= 4 is 32.7 Å². The number of anilines is 1. The summed E-state index contributed by atoms with van der Waals surface area (Å²) in [5, 5.41) is -4.19. The fraction of sp³-hybridized carbons (Fsp3) is 0.600. The lowest BCUT2D eigenvalue weighted by molar-refractivity contribution is 0.0194. The molecule has 2 aromatic rings. The van der Waals surface area contributed by atoms with Gasteiger partial charge in [-0.1, -0.05) is 30.7 Å². The van der Waals surface area contributed by atoms with Crippen LogP contribution in [0.2, 0.25) is 0 Å². The zero-order valence-electron chi connectivity index (χ0n) is 25.5. The average Bonchev–Trinajstić information content (AvgIpc) is 2.90. The maximum absolute atomic E-state index is 15.9. The van der Waals surface area contributed by atoms with Crippen LogP contribution in [0.1, 0.15) is 78.5 Å². The molecule has 0 spiro atoms. The summed E-state index contributed by atoms with van der Waals surface area (Å²) in [5.41, 5.74) is 0.979. The van der Waals surface area contributed by atoms with Crippen LogP contribution in [0.25, 0.3) is 0 Å². The maximum atomic E-state index is 15.9. The van der Waals surface area contributed by atoms with Crippen LogP contribution in [0.4, 0.5) is 19.4 Å². The normalized spacial score (nSPS) is 16.2. The van der Waals surface area contributed by atoms with Gasteiger partial charge in [0.25, 0.3) is 0 Å². The number of hydrogen-bond acceptors (Lipinski definition) is 6. The Kier molecular flexibility index (Phi) is 10.6. The largest absolute Gasteiger partial charge is 0.443 e. The first-order chi connectivity index (χ1) is 19.4. The number of sulfone groups is 1. The number of amides is 1. The molecule has 12 heteroatoms. The zero-order chi connectivity index (χ0) is 31.5. The summed E-state index contributed by atoms with van der Waals surface area (Å²) in [4.78, 5) is 18.6. The number of benzene rings is 1. The maximum Gasteiger partial charge on any atom is 0.416 e. The molecule has 0 fully saturated rings. The fourth-order valence-electron chi connectivity index (χ4n) is 4.80. The second-order valence-electron chi connectivity index (χ2n) is 12.6.